The summed E-state index contributed by atoms with van der Waals surface area (Å²) in [5.41, 5.74) is 6.52. The van der Waals surface area contributed by atoms with Gasteiger partial charge in [-0.25, -0.2) is 0 Å². The van der Waals surface area contributed by atoms with Crippen molar-refractivity contribution in [2.75, 3.05) is 18.4 Å². The van der Waals surface area contributed by atoms with Crippen LogP contribution in [0.4, 0.5) is 5.69 Å². The Balaban J connectivity index is 2.27. The molecule has 0 spiro atoms. The Hall–Kier alpha value is -1.69. The zero-order valence-electron chi connectivity index (χ0n) is 10.8. The first kappa shape index (κ1) is 16.4. The lowest BCUT2D eigenvalue weighted by Crippen LogP contribution is -2.25. The first-order chi connectivity index (χ1) is 9.28. The minimum absolute atomic E-state index is 0.0210. The van der Waals surface area contributed by atoms with Gasteiger partial charge in [-0.2, -0.15) is 0 Å². The third-order valence-corrected chi connectivity index (χ3v) is 3.24. The van der Waals surface area contributed by atoms with E-state index >= 15 is 0 Å². The predicted molar refractivity (Wildman–Crippen MR) is 74.3 cm³/mol. The Kier molecular flexibility index (Phi) is 5.88. The molecule has 1 amide bonds. The number of carbonyl (C=O) groups excluding carboxylic acids is 2. The maximum Gasteiger partial charge on any atom is 0.332 e. The van der Waals surface area contributed by atoms with Crippen molar-refractivity contribution in [3.63, 3.8) is 0 Å². The van der Waals surface area contributed by atoms with Gasteiger partial charge in [0.05, 0.1) is 0 Å². The Morgan fingerprint density at radius 1 is 1.20 bits per heavy atom. The van der Waals surface area contributed by atoms with E-state index in [0.717, 1.165) is 0 Å². The molecule has 0 unspecified atom stereocenters. The zero-order chi connectivity index (χ0) is 15.2. The highest BCUT2D eigenvalue weighted by Crippen LogP contribution is 2.34. The van der Waals surface area contributed by atoms with Gasteiger partial charge in [-0.05, 0) is 30.7 Å². The highest BCUT2D eigenvalue weighted by atomic mass is 31.2. The highest BCUT2D eigenvalue weighted by Gasteiger charge is 2.18. The summed E-state index contributed by atoms with van der Waals surface area (Å²) in [5.74, 6) is -0.799. The van der Waals surface area contributed by atoms with Crippen molar-refractivity contribution in [3.05, 3.63) is 29.8 Å². The standard InChI is InChI=1S/C12H17N2O5P/c13-10-5-3-9(4-6-10)12(16)14-7-1-2-11(15)8-20(17,18)19/h3-6H,1-2,7-8,13H2,(H,14,16)(H2,17,18,19). The molecule has 1 rings (SSSR count). The first-order valence-corrected chi connectivity index (χ1v) is 7.78. The molecule has 0 aromatic heterocycles. The van der Waals surface area contributed by atoms with E-state index in [-0.39, 0.29) is 18.9 Å². The molecule has 0 heterocycles. The van der Waals surface area contributed by atoms with E-state index in [0.29, 0.717) is 17.7 Å². The van der Waals surface area contributed by atoms with Crippen LogP contribution in [0.1, 0.15) is 23.2 Å². The molecule has 7 nitrogen and oxygen atoms in total. The number of hydrogen-bond donors (Lipinski definition) is 4. The summed E-state index contributed by atoms with van der Waals surface area (Å²) in [6, 6.07) is 6.39. The molecule has 8 heteroatoms. The Bertz CT molecular complexity index is 523. The lowest BCUT2D eigenvalue weighted by molar-refractivity contribution is -0.116. The number of hydrogen-bond acceptors (Lipinski definition) is 4. The van der Waals surface area contributed by atoms with Crippen molar-refractivity contribution in [3.8, 4) is 0 Å². The summed E-state index contributed by atoms with van der Waals surface area (Å²) in [6.07, 6.45) is -0.397. The number of nitrogens with one attached hydrogen (secondary N) is 1. The van der Waals surface area contributed by atoms with Crippen LogP contribution in [0.3, 0.4) is 0 Å². The summed E-state index contributed by atoms with van der Waals surface area (Å²) in [6.45, 7) is 0.260. The van der Waals surface area contributed by atoms with E-state index < -0.39 is 19.5 Å². The number of rotatable bonds is 7. The molecule has 110 valence electrons. The molecule has 0 saturated heterocycles. The second-order valence-electron chi connectivity index (χ2n) is 4.34. The van der Waals surface area contributed by atoms with Gasteiger partial charge in [0.1, 0.15) is 11.9 Å². The smallest absolute Gasteiger partial charge is 0.332 e. The van der Waals surface area contributed by atoms with Crippen LogP contribution in [0.15, 0.2) is 24.3 Å². The fourth-order valence-electron chi connectivity index (χ4n) is 1.53. The third-order valence-electron chi connectivity index (χ3n) is 2.47. The van der Waals surface area contributed by atoms with E-state index in [1.54, 1.807) is 24.3 Å². The van der Waals surface area contributed by atoms with Gasteiger partial charge >= 0.3 is 7.60 Å². The predicted octanol–water partition coefficient (Wildman–Crippen LogP) is 0.526. The summed E-state index contributed by atoms with van der Waals surface area (Å²) >= 11 is 0. The molecule has 0 saturated carbocycles. The van der Waals surface area contributed by atoms with Crippen LogP contribution in [0.2, 0.25) is 0 Å². The average molecular weight is 300 g/mol. The van der Waals surface area contributed by atoms with Crippen molar-refractivity contribution < 1.29 is 23.9 Å². The Morgan fingerprint density at radius 2 is 1.80 bits per heavy atom. The van der Waals surface area contributed by atoms with Crippen molar-refractivity contribution >= 4 is 25.0 Å². The molecule has 0 aliphatic heterocycles. The van der Waals surface area contributed by atoms with Gasteiger partial charge in [-0.15, -0.1) is 0 Å². The van der Waals surface area contributed by atoms with E-state index in [4.69, 9.17) is 15.5 Å². The first-order valence-electron chi connectivity index (χ1n) is 5.98. The van der Waals surface area contributed by atoms with E-state index in [1.807, 2.05) is 0 Å². The van der Waals surface area contributed by atoms with Gasteiger partial charge in [0.15, 0.2) is 0 Å². The average Bonchev–Trinajstić information content (AvgIpc) is 2.33. The zero-order valence-corrected chi connectivity index (χ0v) is 11.7. The van der Waals surface area contributed by atoms with Crippen molar-refractivity contribution in [2.45, 2.75) is 12.8 Å². The number of carbonyl (C=O) groups is 2. The second-order valence-corrected chi connectivity index (χ2v) is 5.99. The Labute approximate surface area is 116 Å². The molecule has 20 heavy (non-hydrogen) atoms. The quantitative estimate of drug-likeness (QED) is 0.330. The number of Topliss-reactive ketones (excluding diaryl/α,β-unsaturated/α-hetero) is 1. The van der Waals surface area contributed by atoms with E-state index in [1.165, 1.54) is 0 Å². The van der Waals surface area contributed by atoms with Crippen LogP contribution in [0, 0.1) is 0 Å². The molecule has 0 atom stereocenters. The fourth-order valence-corrected chi connectivity index (χ4v) is 2.15. The van der Waals surface area contributed by atoms with Crippen LogP contribution in [-0.4, -0.2) is 34.2 Å². The molecule has 0 aliphatic carbocycles. The number of nitrogens with two attached hydrogens (primary N) is 1. The summed E-state index contributed by atoms with van der Waals surface area (Å²) in [5, 5.41) is 2.61. The summed E-state index contributed by atoms with van der Waals surface area (Å²) in [4.78, 5) is 40.1. The lowest BCUT2D eigenvalue weighted by Gasteiger charge is -2.06. The largest absolute Gasteiger partial charge is 0.399 e. The molecule has 0 radical (unpaired) electrons. The van der Waals surface area contributed by atoms with Gasteiger partial charge < -0.3 is 20.8 Å². The van der Waals surface area contributed by atoms with Crippen molar-refractivity contribution in [1.29, 1.82) is 0 Å². The Morgan fingerprint density at radius 3 is 2.35 bits per heavy atom. The van der Waals surface area contributed by atoms with E-state index in [9.17, 15) is 14.2 Å². The van der Waals surface area contributed by atoms with Gasteiger partial charge in [-0.1, -0.05) is 0 Å². The molecule has 0 aliphatic rings. The maximum absolute atomic E-state index is 11.7. The van der Waals surface area contributed by atoms with Gasteiger partial charge in [0.25, 0.3) is 5.91 Å². The van der Waals surface area contributed by atoms with Crippen LogP contribution in [0.5, 0.6) is 0 Å². The minimum atomic E-state index is -4.29. The fraction of sp³-hybridized carbons (Fsp3) is 0.333. The van der Waals surface area contributed by atoms with Crippen LogP contribution in [0.25, 0.3) is 0 Å². The monoisotopic (exact) mass is 300 g/mol. The molecule has 0 fully saturated rings. The number of ketones is 1. The summed E-state index contributed by atoms with van der Waals surface area (Å²) in [7, 11) is -4.29. The van der Waals surface area contributed by atoms with Crippen molar-refractivity contribution in [2.24, 2.45) is 0 Å². The maximum atomic E-state index is 11.7. The van der Waals surface area contributed by atoms with Gasteiger partial charge in [0.2, 0.25) is 0 Å². The van der Waals surface area contributed by atoms with Crippen molar-refractivity contribution in [1.82, 2.24) is 5.32 Å². The second kappa shape index (κ2) is 7.19. The van der Waals surface area contributed by atoms with E-state index in [2.05, 4.69) is 5.32 Å². The molecule has 0 bridgehead atoms. The molecule has 5 N–H and O–H groups in total. The number of amides is 1. The highest BCUT2D eigenvalue weighted by molar-refractivity contribution is 7.52. The number of nitrogen functional groups attached to an aromatic ring is 1. The molecular formula is C12H17N2O5P. The number of anilines is 1. The SMILES string of the molecule is Nc1ccc(C(=O)NCCCC(=O)CP(=O)(O)O)cc1. The lowest BCUT2D eigenvalue weighted by atomic mass is 10.2. The van der Waals surface area contributed by atoms with Crippen LogP contribution in [-0.2, 0) is 9.36 Å². The topological polar surface area (TPSA) is 130 Å². The summed E-state index contributed by atoms with van der Waals surface area (Å²) < 4.78 is 10.6. The normalized spacial score (nSPS) is 11.1. The van der Waals surface area contributed by atoms with Crippen LogP contribution >= 0.6 is 7.60 Å². The van der Waals surface area contributed by atoms with Gasteiger partial charge in [-0.3, -0.25) is 14.2 Å². The number of benzene rings is 1. The van der Waals surface area contributed by atoms with Gasteiger partial charge in [0, 0.05) is 24.2 Å². The van der Waals surface area contributed by atoms with Crippen LogP contribution < -0.4 is 11.1 Å². The minimum Gasteiger partial charge on any atom is -0.399 e. The molecule has 1 aromatic rings. The molecular weight excluding hydrogens is 283 g/mol. The molecule has 1 aromatic carbocycles. The third kappa shape index (κ3) is 6.47.